The maximum absolute atomic E-state index is 13.2. The summed E-state index contributed by atoms with van der Waals surface area (Å²) in [5.41, 5.74) is 1.49. The summed E-state index contributed by atoms with van der Waals surface area (Å²) in [6.07, 6.45) is -1.27. The number of aromatic nitrogens is 2. The van der Waals surface area contributed by atoms with Gasteiger partial charge in [-0.05, 0) is 61.6 Å². The lowest BCUT2D eigenvalue weighted by Crippen LogP contribution is -2.28. The molecule has 0 atom stereocenters. The molecule has 0 radical (unpaired) electrons. The molecule has 7 nitrogen and oxygen atoms in total. The third-order valence-corrected chi connectivity index (χ3v) is 6.07. The Morgan fingerprint density at radius 1 is 0.951 bits per heavy atom. The van der Waals surface area contributed by atoms with Gasteiger partial charge in [0, 0.05) is 31.4 Å². The Morgan fingerprint density at radius 2 is 1.59 bits per heavy atom. The van der Waals surface area contributed by atoms with Gasteiger partial charge in [-0.2, -0.15) is 13.2 Å². The van der Waals surface area contributed by atoms with Gasteiger partial charge in [0.2, 0.25) is 11.7 Å². The van der Waals surface area contributed by atoms with Crippen LogP contribution in [0.15, 0.2) is 66.9 Å². The van der Waals surface area contributed by atoms with Crippen molar-refractivity contribution < 1.29 is 31.5 Å². The zero-order valence-corrected chi connectivity index (χ0v) is 22.7. The molecule has 0 aliphatic carbocycles. The second-order valence-electron chi connectivity index (χ2n) is 9.76. The van der Waals surface area contributed by atoms with Crippen molar-refractivity contribution in [2.75, 3.05) is 17.2 Å². The largest absolute Gasteiger partial charge is 0.416 e. The third kappa shape index (κ3) is 10.0. The van der Waals surface area contributed by atoms with Crippen LogP contribution in [0.1, 0.15) is 60.4 Å². The molecular formula is C29H32F5N5O2. The van der Waals surface area contributed by atoms with E-state index < -0.39 is 36.0 Å². The van der Waals surface area contributed by atoms with Crippen molar-refractivity contribution in [3.8, 4) is 0 Å². The molecule has 0 saturated carbocycles. The number of hydrogen-bond acceptors (Lipinski definition) is 3. The number of anilines is 2. The summed E-state index contributed by atoms with van der Waals surface area (Å²) in [4.78, 5) is 29.7. The van der Waals surface area contributed by atoms with E-state index in [1.165, 1.54) is 47.2 Å². The van der Waals surface area contributed by atoms with Gasteiger partial charge in [-0.3, -0.25) is 10.1 Å². The standard InChI is InChI=1S/C29H32F5N5O2/c1-4-19(2)6-5-15-35-26(40)25-37-24(18-39(25)17-21-7-11-22(12-8-21)29(32,33)34)38-27(41)36-23-13-9-20(10-14-23)16-28(3,30)31/h7-14,18H,2,4-6,15-17H2,1,3H3,(H,35,40)(H2,36,38,41). The number of carbonyl (C=O) groups excluding carboxylic acids is 2. The minimum absolute atomic E-state index is 0.0212. The molecule has 220 valence electrons. The third-order valence-electron chi connectivity index (χ3n) is 6.07. The molecule has 12 heteroatoms. The fourth-order valence-electron chi connectivity index (χ4n) is 3.91. The maximum atomic E-state index is 13.2. The molecule has 0 aliphatic heterocycles. The highest BCUT2D eigenvalue weighted by atomic mass is 19.4. The van der Waals surface area contributed by atoms with Crippen molar-refractivity contribution in [3.05, 3.63) is 89.4 Å². The molecule has 0 spiro atoms. The molecule has 3 aromatic rings. The second-order valence-corrected chi connectivity index (χ2v) is 9.76. The summed E-state index contributed by atoms with van der Waals surface area (Å²) in [5, 5.41) is 7.85. The van der Waals surface area contributed by atoms with Gasteiger partial charge < -0.3 is 15.2 Å². The minimum atomic E-state index is -4.48. The molecule has 1 heterocycles. The number of halogens is 5. The number of nitrogens with zero attached hydrogens (tertiary/aromatic N) is 2. The lowest BCUT2D eigenvalue weighted by Gasteiger charge is -2.11. The van der Waals surface area contributed by atoms with Crippen LogP contribution in [0.4, 0.5) is 38.3 Å². The fraction of sp³-hybridized carbons (Fsp3) is 0.345. The molecule has 0 unspecified atom stereocenters. The van der Waals surface area contributed by atoms with Gasteiger partial charge in [-0.1, -0.05) is 43.3 Å². The first-order chi connectivity index (χ1) is 19.2. The van der Waals surface area contributed by atoms with E-state index in [2.05, 4.69) is 27.5 Å². The normalized spacial score (nSPS) is 11.7. The first kappa shape index (κ1) is 31.3. The Balaban J connectivity index is 1.73. The smallest absolute Gasteiger partial charge is 0.349 e. The van der Waals surface area contributed by atoms with Gasteiger partial charge in [0.15, 0.2) is 5.82 Å². The number of amides is 3. The number of hydrogen-bond donors (Lipinski definition) is 3. The summed E-state index contributed by atoms with van der Waals surface area (Å²) < 4.78 is 66.7. The first-order valence-electron chi connectivity index (χ1n) is 13.0. The number of benzene rings is 2. The molecule has 0 aliphatic rings. The van der Waals surface area contributed by atoms with Crippen LogP contribution in [0, 0.1) is 0 Å². The zero-order valence-electron chi connectivity index (χ0n) is 22.7. The predicted octanol–water partition coefficient (Wildman–Crippen LogP) is 7.27. The Hall–Kier alpha value is -4.22. The summed E-state index contributed by atoms with van der Waals surface area (Å²) >= 11 is 0. The second kappa shape index (κ2) is 13.4. The summed E-state index contributed by atoms with van der Waals surface area (Å²) in [6.45, 7) is 7.12. The average molecular weight is 578 g/mol. The van der Waals surface area contributed by atoms with Crippen LogP contribution in [0.2, 0.25) is 0 Å². The monoisotopic (exact) mass is 577 g/mol. The highest BCUT2D eigenvalue weighted by Crippen LogP contribution is 2.29. The van der Waals surface area contributed by atoms with Crippen LogP contribution in [0.5, 0.6) is 0 Å². The Morgan fingerprint density at radius 3 is 2.17 bits per heavy atom. The minimum Gasteiger partial charge on any atom is -0.349 e. The van der Waals surface area contributed by atoms with Gasteiger partial charge in [0.25, 0.3) is 5.91 Å². The first-order valence-corrected chi connectivity index (χ1v) is 13.0. The van der Waals surface area contributed by atoms with Gasteiger partial charge in [0.1, 0.15) is 0 Å². The fourth-order valence-corrected chi connectivity index (χ4v) is 3.91. The van der Waals surface area contributed by atoms with Crippen LogP contribution in [-0.2, 0) is 19.1 Å². The van der Waals surface area contributed by atoms with E-state index in [0.29, 0.717) is 29.8 Å². The van der Waals surface area contributed by atoms with Crippen molar-refractivity contribution in [1.29, 1.82) is 0 Å². The average Bonchev–Trinajstić information content (AvgIpc) is 3.28. The van der Waals surface area contributed by atoms with Gasteiger partial charge in [0.05, 0.1) is 5.56 Å². The van der Waals surface area contributed by atoms with E-state index in [-0.39, 0.29) is 18.2 Å². The van der Waals surface area contributed by atoms with Gasteiger partial charge in [-0.25, -0.2) is 18.6 Å². The number of carbonyl (C=O) groups is 2. The predicted molar refractivity (Wildman–Crippen MR) is 147 cm³/mol. The summed E-state index contributed by atoms with van der Waals surface area (Å²) in [7, 11) is 0. The number of nitrogens with one attached hydrogen (secondary N) is 3. The van der Waals surface area contributed by atoms with Crippen molar-refractivity contribution in [2.24, 2.45) is 0 Å². The number of alkyl halides is 5. The summed E-state index contributed by atoms with van der Waals surface area (Å²) in [6, 6.07) is 9.73. The SMILES string of the molecule is C=C(CC)CCCNC(=O)c1nc(NC(=O)Nc2ccc(CC(C)(F)F)cc2)cn1Cc1ccc(C(F)(F)F)cc1. The molecule has 3 N–H and O–H groups in total. The molecule has 0 bridgehead atoms. The van der Waals surface area contributed by atoms with Crippen LogP contribution in [0.25, 0.3) is 0 Å². The van der Waals surface area contributed by atoms with Crippen molar-refractivity contribution in [3.63, 3.8) is 0 Å². The zero-order chi connectivity index (χ0) is 30.2. The lowest BCUT2D eigenvalue weighted by atomic mass is 10.1. The molecule has 2 aromatic carbocycles. The van der Waals surface area contributed by atoms with Crippen LogP contribution in [0.3, 0.4) is 0 Å². The maximum Gasteiger partial charge on any atom is 0.416 e. The quantitative estimate of drug-likeness (QED) is 0.120. The van der Waals surface area contributed by atoms with E-state index >= 15 is 0 Å². The van der Waals surface area contributed by atoms with Gasteiger partial charge in [-0.15, -0.1) is 0 Å². The van der Waals surface area contributed by atoms with Crippen LogP contribution in [-0.4, -0.2) is 34.0 Å². The summed E-state index contributed by atoms with van der Waals surface area (Å²) in [5.74, 6) is -3.39. The van der Waals surface area contributed by atoms with E-state index in [9.17, 15) is 31.5 Å². The van der Waals surface area contributed by atoms with E-state index in [1.54, 1.807) is 0 Å². The van der Waals surface area contributed by atoms with E-state index in [4.69, 9.17) is 0 Å². The highest BCUT2D eigenvalue weighted by molar-refractivity contribution is 5.99. The van der Waals surface area contributed by atoms with E-state index in [0.717, 1.165) is 37.5 Å². The number of allylic oxidation sites excluding steroid dienone is 1. The Bertz CT molecular complexity index is 1340. The van der Waals surface area contributed by atoms with Crippen molar-refractivity contribution >= 4 is 23.4 Å². The van der Waals surface area contributed by atoms with Crippen LogP contribution < -0.4 is 16.0 Å². The molecule has 0 fully saturated rings. The molecular weight excluding hydrogens is 545 g/mol. The van der Waals surface area contributed by atoms with Crippen molar-refractivity contribution in [1.82, 2.24) is 14.9 Å². The molecule has 3 rings (SSSR count). The Kier molecular flexibility index (Phi) is 10.3. The highest BCUT2D eigenvalue weighted by Gasteiger charge is 2.30. The Labute approximate surface area is 234 Å². The topological polar surface area (TPSA) is 88.1 Å². The molecule has 3 amide bonds. The number of imidazole rings is 1. The number of rotatable bonds is 12. The molecule has 1 aromatic heterocycles. The van der Waals surface area contributed by atoms with Crippen molar-refractivity contribution in [2.45, 2.75) is 58.2 Å². The molecule has 0 saturated heterocycles. The lowest BCUT2D eigenvalue weighted by molar-refractivity contribution is -0.137. The van der Waals surface area contributed by atoms with Crippen LogP contribution >= 0.6 is 0 Å². The molecule has 41 heavy (non-hydrogen) atoms. The number of urea groups is 1. The van der Waals surface area contributed by atoms with E-state index in [1.807, 2.05) is 6.92 Å². The van der Waals surface area contributed by atoms with Gasteiger partial charge >= 0.3 is 12.2 Å².